The minimum absolute atomic E-state index is 0.00225. The highest BCUT2D eigenvalue weighted by molar-refractivity contribution is 7.91. The first kappa shape index (κ1) is 56.5. The van der Waals surface area contributed by atoms with Crippen molar-refractivity contribution in [1.29, 1.82) is 0 Å². The number of thiol groups is 1. The van der Waals surface area contributed by atoms with Crippen molar-refractivity contribution in [3.8, 4) is 0 Å². The molecule has 0 aliphatic carbocycles. The number of amides is 1. The smallest absolute Gasteiger partial charge is 0.339 e. The van der Waals surface area contributed by atoms with Crippen LogP contribution in [-0.2, 0) is 45.3 Å². The van der Waals surface area contributed by atoms with Crippen LogP contribution >= 0.6 is 12.6 Å². The normalized spacial score (nSPS) is 24.2. The summed E-state index contributed by atoms with van der Waals surface area (Å²) >= 11 is 3.53. The number of esters is 1. The molecule has 14 nitrogen and oxygen atoms in total. The third kappa shape index (κ3) is 15.6. The van der Waals surface area contributed by atoms with E-state index in [2.05, 4.69) is 69.8 Å². The number of ether oxygens (including phenoxy) is 3. The second-order valence-corrected chi connectivity index (χ2v) is 22.2. The monoisotopic (exact) mass is 964 g/mol. The van der Waals surface area contributed by atoms with E-state index in [9.17, 15) is 31.5 Å². The molecule has 0 saturated carbocycles. The Kier molecular flexibility index (Phi) is 22.6. The van der Waals surface area contributed by atoms with Crippen LogP contribution in [0.2, 0.25) is 6.82 Å². The summed E-state index contributed by atoms with van der Waals surface area (Å²) in [4.78, 5) is 34.4. The molecular weight excluding hydrogens is 888 g/mol. The van der Waals surface area contributed by atoms with Crippen molar-refractivity contribution in [2.45, 2.75) is 115 Å². The summed E-state index contributed by atoms with van der Waals surface area (Å²) in [6, 6.07) is 10.6. The molecule has 1 N–H and O–H groups in total. The molecule has 4 aliphatic rings. The lowest BCUT2D eigenvalue weighted by Gasteiger charge is -2.46. The van der Waals surface area contributed by atoms with Gasteiger partial charge < -0.3 is 34.0 Å². The van der Waals surface area contributed by atoms with Crippen molar-refractivity contribution < 1.29 is 45.7 Å². The summed E-state index contributed by atoms with van der Waals surface area (Å²) in [5, 5.41) is 9.51. The summed E-state index contributed by atoms with van der Waals surface area (Å²) in [7, 11) is -1.28. The van der Waals surface area contributed by atoms with E-state index >= 15 is 0 Å². The van der Waals surface area contributed by atoms with Crippen molar-refractivity contribution in [3.05, 3.63) is 47.5 Å². The Morgan fingerprint density at radius 2 is 1.29 bits per heavy atom. The lowest BCUT2D eigenvalue weighted by molar-refractivity contribution is -0.145. The van der Waals surface area contributed by atoms with Gasteiger partial charge in [0.1, 0.15) is 0 Å². The molecule has 4 aliphatic heterocycles. The van der Waals surface area contributed by atoms with E-state index in [1.807, 2.05) is 17.9 Å². The van der Waals surface area contributed by atoms with Crippen LogP contribution in [0.4, 0.5) is 11.4 Å². The van der Waals surface area contributed by atoms with Crippen LogP contribution in [0.15, 0.2) is 46.2 Å². The van der Waals surface area contributed by atoms with Gasteiger partial charge in [-0.1, -0.05) is 40.6 Å². The molecule has 6 atom stereocenters. The Bertz CT molecular complexity index is 2040. The predicted molar refractivity (Wildman–Crippen MR) is 264 cm³/mol. The molecule has 0 spiro atoms. The summed E-state index contributed by atoms with van der Waals surface area (Å²) in [5.41, 5.74) is 2.12. The molecule has 366 valence electrons. The fourth-order valence-electron chi connectivity index (χ4n) is 9.06. The SMILES string of the molecule is CC1CCC(CN2CCN(c3ccc(CO)c(S(C)(=O)=O)c3)C[C@@H]2C(C)C)CO1.COC(=O)c1ccc(N2CCN(C(=O)C3CCC(C)OC3)[C@@H](C(C)C)C2)cc1S(C)(=O)=O.CS.[B]C. The average molecular weight is 965 g/mol. The number of anilines is 2. The number of sulfone groups is 2. The fraction of sp³-hybridized carbons (Fsp3) is 0.702. The molecular formula is C47H77BN4O10S3. The first-order chi connectivity index (χ1) is 30.7. The lowest BCUT2D eigenvalue weighted by atomic mass is 9.93. The summed E-state index contributed by atoms with van der Waals surface area (Å²) < 4.78 is 65.3. The van der Waals surface area contributed by atoms with Gasteiger partial charge in [0.05, 0.1) is 74.3 Å². The van der Waals surface area contributed by atoms with Crippen LogP contribution in [0, 0.1) is 23.7 Å². The molecule has 1 amide bonds. The zero-order valence-electron chi connectivity index (χ0n) is 40.7. The highest BCUT2D eigenvalue weighted by Gasteiger charge is 2.38. The summed E-state index contributed by atoms with van der Waals surface area (Å²) in [6.45, 7) is 21.0. The van der Waals surface area contributed by atoms with Crippen molar-refractivity contribution in [3.63, 3.8) is 0 Å². The molecule has 0 bridgehead atoms. The minimum atomic E-state index is -3.63. The van der Waals surface area contributed by atoms with Gasteiger partial charge >= 0.3 is 5.97 Å². The Balaban J connectivity index is 0.000000322. The standard InChI is InChI=1S/C23H34N2O6S.C22H36N2O4S.CH3B.CH4S/c1-15(2)20-13-24(10-11-25(20)22(26)17-7-6-16(3)31-14-17)18-8-9-19(23(27)30-4)21(12-18)32(5,28)29;1-16(2)21-13-23(9-10-24(21)12-18-6-5-17(3)28-15-18)20-8-7-19(14-25)22(11-20)29(4,26)27;2*1-2/h8-9,12,15-17,20H,6-7,10-11,13-14H2,1-5H3;7-8,11,16-18,21,25H,5-6,9-10,12-15H2,1-4H3;1H3;2H,1H3/t16?,17?,20-;17?,18?,21-;;/m11../s1. The molecule has 4 saturated heterocycles. The van der Waals surface area contributed by atoms with Gasteiger partial charge in [-0.3, -0.25) is 9.69 Å². The number of hydrogen-bond donors (Lipinski definition) is 2. The summed E-state index contributed by atoms with van der Waals surface area (Å²) in [5.74, 6) is 0.695. The van der Waals surface area contributed by atoms with Gasteiger partial charge in [-0.05, 0) is 99.4 Å². The molecule has 65 heavy (non-hydrogen) atoms. The van der Waals surface area contributed by atoms with Crippen LogP contribution in [0.5, 0.6) is 0 Å². The van der Waals surface area contributed by atoms with Crippen molar-refractivity contribution in [2.75, 3.05) is 94.7 Å². The fourth-order valence-corrected chi connectivity index (χ4v) is 10.9. The molecule has 4 heterocycles. The van der Waals surface area contributed by atoms with E-state index in [1.54, 1.807) is 24.5 Å². The van der Waals surface area contributed by atoms with Crippen LogP contribution in [0.1, 0.15) is 83.1 Å². The van der Waals surface area contributed by atoms with Gasteiger partial charge in [-0.25, -0.2) is 21.6 Å². The van der Waals surface area contributed by atoms with Crippen LogP contribution in [0.25, 0.3) is 0 Å². The molecule has 2 aromatic carbocycles. The summed E-state index contributed by atoms with van der Waals surface area (Å²) in [6.07, 6.45) is 8.67. The zero-order chi connectivity index (χ0) is 48.8. The lowest BCUT2D eigenvalue weighted by Crippen LogP contribution is -2.59. The first-order valence-electron chi connectivity index (χ1n) is 22.9. The average Bonchev–Trinajstić information content (AvgIpc) is 3.30. The zero-order valence-corrected chi connectivity index (χ0v) is 43.3. The number of piperazine rings is 2. The van der Waals surface area contributed by atoms with E-state index in [0.29, 0.717) is 61.5 Å². The Labute approximate surface area is 397 Å². The number of aliphatic hydroxyl groups excluding tert-OH is 1. The number of rotatable bonds is 11. The third-order valence-electron chi connectivity index (χ3n) is 12.8. The predicted octanol–water partition coefficient (Wildman–Crippen LogP) is 5.66. The molecule has 18 heteroatoms. The topological polar surface area (TPSA) is 163 Å². The van der Waals surface area contributed by atoms with Gasteiger partial charge in [0.25, 0.3) is 0 Å². The van der Waals surface area contributed by atoms with Crippen molar-refractivity contribution in [2.24, 2.45) is 23.7 Å². The molecule has 2 aromatic rings. The Morgan fingerprint density at radius 3 is 1.78 bits per heavy atom. The molecule has 6 rings (SSSR count). The van der Waals surface area contributed by atoms with E-state index in [1.165, 1.54) is 38.7 Å². The highest BCUT2D eigenvalue weighted by atomic mass is 32.2. The number of carbonyl (C=O) groups is 2. The molecule has 2 radical (unpaired) electrons. The number of carbonyl (C=O) groups excluding carboxylic acids is 2. The number of nitrogens with zero attached hydrogens (tertiary/aromatic N) is 4. The molecule has 4 unspecified atom stereocenters. The Morgan fingerprint density at radius 1 is 0.769 bits per heavy atom. The maximum atomic E-state index is 13.3. The van der Waals surface area contributed by atoms with Gasteiger partial charge in [0, 0.05) is 75.7 Å². The third-order valence-corrected chi connectivity index (χ3v) is 15.2. The van der Waals surface area contributed by atoms with Gasteiger partial charge in [-0.15, -0.1) is 0 Å². The van der Waals surface area contributed by atoms with Crippen LogP contribution in [0.3, 0.4) is 0 Å². The van der Waals surface area contributed by atoms with E-state index in [-0.39, 0.29) is 51.9 Å². The highest BCUT2D eigenvalue weighted by Crippen LogP contribution is 2.32. The van der Waals surface area contributed by atoms with E-state index in [0.717, 1.165) is 64.0 Å². The Hall–Kier alpha value is -2.87. The maximum absolute atomic E-state index is 13.3. The number of aliphatic hydroxyl groups is 1. The van der Waals surface area contributed by atoms with Crippen LogP contribution < -0.4 is 9.80 Å². The van der Waals surface area contributed by atoms with E-state index in [4.69, 9.17) is 14.2 Å². The van der Waals surface area contributed by atoms with Gasteiger partial charge in [0.15, 0.2) is 19.7 Å². The molecule has 0 aromatic heterocycles. The quantitative estimate of drug-likeness (QED) is 0.161. The molecule has 4 fully saturated rings. The van der Waals surface area contributed by atoms with Crippen molar-refractivity contribution >= 4 is 63.4 Å². The van der Waals surface area contributed by atoms with Gasteiger partial charge in [0.2, 0.25) is 5.91 Å². The second kappa shape index (κ2) is 26.0. The number of hydrogen-bond acceptors (Lipinski definition) is 14. The number of methoxy groups -OCH3 is 1. The maximum Gasteiger partial charge on any atom is 0.339 e. The minimum Gasteiger partial charge on any atom is -0.465 e. The first-order valence-corrected chi connectivity index (χ1v) is 27.6. The van der Waals surface area contributed by atoms with E-state index < -0.39 is 25.6 Å². The number of benzene rings is 2. The van der Waals surface area contributed by atoms with Crippen LogP contribution in [-0.4, -0.2) is 161 Å². The van der Waals surface area contributed by atoms with Gasteiger partial charge in [-0.2, -0.15) is 12.6 Å². The second-order valence-electron chi connectivity index (χ2n) is 18.2. The largest absolute Gasteiger partial charge is 0.465 e. The van der Waals surface area contributed by atoms with Crippen molar-refractivity contribution in [1.82, 2.24) is 9.80 Å².